The molecule has 30 heavy (non-hydrogen) atoms. The smallest absolute Gasteiger partial charge is 0.173 e. The zero-order chi connectivity index (χ0) is 21.5. The molecule has 1 aromatic carbocycles. The summed E-state index contributed by atoms with van der Waals surface area (Å²) in [4.78, 5) is 6.17. The van der Waals surface area contributed by atoms with Crippen molar-refractivity contribution in [2.45, 2.75) is 39.7 Å². The quantitative estimate of drug-likeness (QED) is 0.480. The second kappa shape index (κ2) is 11.3. The highest BCUT2D eigenvalue weighted by Gasteiger charge is 2.18. The maximum atomic E-state index is 6.26. The predicted octanol–water partition coefficient (Wildman–Crippen LogP) is 6.04. The summed E-state index contributed by atoms with van der Waals surface area (Å²) in [6.45, 7) is 9.64. The molecule has 2 aromatic rings. The van der Waals surface area contributed by atoms with Gasteiger partial charge in [-0.15, -0.1) is 11.3 Å². The number of hydrogen-bond donors (Lipinski definition) is 1. The molecule has 1 saturated heterocycles. The van der Waals surface area contributed by atoms with Crippen molar-refractivity contribution in [3.63, 3.8) is 0 Å². The predicted molar refractivity (Wildman–Crippen MR) is 133 cm³/mol. The first kappa shape index (κ1) is 23.3. The van der Waals surface area contributed by atoms with E-state index in [1.165, 1.54) is 30.8 Å². The number of aryl methyl sites for hydroxylation is 1. The van der Waals surface area contributed by atoms with E-state index in [9.17, 15) is 0 Å². The van der Waals surface area contributed by atoms with Crippen molar-refractivity contribution >= 4 is 46.0 Å². The van der Waals surface area contributed by atoms with Crippen molar-refractivity contribution < 1.29 is 4.74 Å². The molecule has 4 nitrogen and oxygen atoms in total. The van der Waals surface area contributed by atoms with Gasteiger partial charge in [0.2, 0.25) is 0 Å². The van der Waals surface area contributed by atoms with Crippen LogP contribution in [-0.4, -0.2) is 48.2 Å². The highest BCUT2D eigenvalue weighted by atomic mass is 35.5. The van der Waals surface area contributed by atoms with Gasteiger partial charge in [-0.2, -0.15) is 0 Å². The van der Waals surface area contributed by atoms with Crippen LogP contribution in [0.15, 0.2) is 29.6 Å². The highest BCUT2D eigenvalue weighted by molar-refractivity contribution is 7.80. The lowest BCUT2D eigenvalue weighted by atomic mass is 10.0. The molecule has 0 radical (unpaired) electrons. The monoisotopic (exact) mass is 465 g/mol. The molecular formula is C23H32ClN3OS2. The third kappa shape index (κ3) is 6.58. The van der Waals surface area contributed by atoms with Gasteiger partial charge >= 0.3 is 0 Å². The standard InChI is InChI=1S/C23H32ClN3OS2/c1-17-7-4-9-26(15-17)10-6-11-27(16-19-8-5-12-30-19)23(29)25-21-13-18(2)20(24)14-22(21)28-3/h5,8,12-14,17H,4,6-7,9-11,15-16H2,1-3H3,(H,25,29). The van der Waals surface area contributed by atoms with E-state index < -0.39 is 0 Å². The van der Waals surface area contributed by atoms with E-state index in [1.54, 1.807) is 18.4 Å². The number of rotatable bonds is 8. The summed E-state index contributed by atoms with van der Waals surface area (Å²) in [6.07, 6.45) is 3.77. The number of hydrogen-bond acceptors (Lipinski definition) is 4. The molecule has 1 N–H and O–H groups in total. The third-order valence-corrected chi connectivity index (χ3v) is 7.21. The molecule has 0 spiro atoms. The fourth-order valence-corrected chi connectivity index (χ4v) is 5.08. The van der Waals surface area contributed by atoms with Gasteiger partial charge < -0.3 is 19.9 Å². The van der Waals surface area contributed by atoms with Crippen LogP contribution in [0.4, 0.5) is 5.69 Å². The van der Waals surface area contributed by atoms with Crippen LogP contribution < -0.4 is 10.1 Å². The molecule has 164 valence electrons. The van der Waals surface area contributed by atoms with Gasteiger partial charge in [-0.3, -0.25) is 0 Å². The van der Waals surface area contributed by atoms with Gasteiger partial charge in [0.15, 0.2) is 5.11 Å². The number of benzene rings is 1. The molecule has 1 fully saturated rings. The SMILES string of the molecule is COc1cc(Cl)c(C)cc1NC(=S)N(CCCN1CCCC(C)C1)Cc1cccs1. The maximum Gasteiger partial charge on any atom is 0.173 e. The van der Waals surface area contributed by atoms with Crippen LogP contribution in [0.1, 0.15) is 36.6 Å². The van der Waals surface area contributed by atoms with Crippen molar-refractivity contribution in [3.8, 4) is 5.75 Å². The zero-order valence-corrected chi connectivity index (χ0v) is 20.5. The lowest BCUT2D eigenvalue weighted by molar-refractivity contribution is 0.177. The van der Waals surface area contributed by atoms with Crippen molar-refractivity contribution in [2.24, 2.45) is 5.92 Å². The third-order valence-electron chi connectivity index (χ3n) is 5.58. The Morgan fingerprint density at radius 2 is 2.27 bits per heavy atom. The summed E-state index contributed by atoms with van der Waals surface area (Å²) in [6, 6.07) is 8.09. The second-order valence-corrected chi connectivity index (χ2v) is 9.96. The van der Waals surface area contributed by atoms with Gasteiger partial charge in [-0.05, 0) is 80.5 Å². The molecule has 0 bridgehead atoms. The molecule has 1 aromatic heterocycles. The van der Waals surface area contributed by atoms with Crippen LogP contribution in [0.3, 0.4) is 0 Å². The van der Waals surface area contributed by atoms with Crippen molar-refractivity contribution in [2.75, 3.05) is 38.6 Å². The Bertz CT molecular complexity index is 828. The molecule has 0 saturated carbocycles. The van der Waals surface area contributed by atoms with Crippen LogP contribution in [-0.2, 0) is 6.54 Å². The molecule has 2 heterocycles. The Hall–Kier alpha value is -1.34. The number of piperidine rings is 1. The average Bonchev–Trinajstić information content (AvgIpc) is 3.23. The number of thiocarbonyl (C=S) groups is 1. The Labute approximate surface area is 195 Å². The number of methoxy groups -OCH3 is 1. The fraction of sp³-hybridized carbons (Fsp3) is 0.522. The van der Waals surface area contributed by atoms with Crippen LogP contribution >= 0.6 is 35.2 Å². The summed E-state index contributed by atoms with van der Waals surface area (Å²) >= 11 is 13.8. The zero-order valence-electron chi connectivity index (χ0n) is 18.1. The van der Waals surface area contributed by atoms with E-state index in [0.29, 0.717) is 10.8 Å². The lowest BCUT2D eigenvalue weighted by Gasteiger charge is -2.32. The maximum absolute atomic E-state index is 6.26. The molecular weight excluding hydrogens is 434 g/mol. The normalized spacial score (nSPS) is 17.0. The lowest BCUT2D eigenvalue weighted by Crippen LogP contribution is -2.39. The number of nitrogens with one attached hydrogen (secondary N) is 1. The average molecular weight is 466 g/mol. The molecule has 7 heteroatoms. The van der Waals surface area contributed by atoms with Gasteiger partial charge in [0, 0.05) is 29.1 Å². The Kier molecular flexibility index (Phi) is 8.81. The Morgan fingerprint density at radius 3 is 2.97 bits per heavy atom. The molecule has 0 amide bonds. The first-order valence-corrected chi connectivity index (χ1v) is 12.3. The molecule has 1 atom stereocenters. The van der Waals surface area contributed by atoms with Crippen LogP contribution in [0.25, 0.3) is 0 Å². The van der Waals surface area contributed by atoms with Gasteiger partial charge in [0.1, 0.15) is 5.75 Å². The molecule has 3 rings (SSSR count). The van der Waals surface area contributed by atoms with Crippen molar-refractivity contribution in [3.05, 3.63) is 45.1 Å². The van der Waals surface area contributed by atoms with Gasteiger partial charge in [0.05, 0.1) is 19.3 Å². The number of halogens is 1. The number of likely N-dealkylation sites (tertiary alicyclic amines) is 1. The van der Waals surface area contributed by atoms with E-state index in [2.05, 4.69) is 39.6 Å². The minimum atomic E-state index is 0.689. The van der Waals surface area contributed by atoms with Crippen LogP contribution in [0.5, 0.6) is 5.75 Å². The van der Waals surface area contributed by atoms with Gasteiger partial charge in [0.25, 0.3) is 0 Å². The Balaban J connectivity index is 1.65. The van der Waals surface area contributed by atoms with E-state index in [1.807, 2.05) is 19.1 Å². The topological polar surface area (TPSA) is 27.7 Å². The van der Waals surface area contributed by atoms with Gasteiger partial charge in [-0.1, -0.05) is 24.6 Å². The largest absolute Gasteiger partial charge is 0.495 e. The Morgan fingerprint density at radius 1 is 1.43 bits per heavy atom. The number of ether oxygens (including phenoxy) is 1. The molecule has 1 aliphatic heterocycles. The summed E-state index contributed by atoms with van der Waals surface area (Å²) in [5.41, 5.74) is 1.84. The number of thiophene rings is 1. The number of nitrogens with zero attached hydrogens (tertiary/aromatic N) is 2. The molecule has 1 unspecified atom stereocenters. The summed E-state index contributed by atoms with van der Waals surface area (Å²) in [7, 11) is 1.65. The molecule has 0 aliphatic carbocycles. The summed E-state index contributed by atoms with van der Waals surface area (Å²) in [5, 5.41) is 6.93. The molecule has 1 aliphatic rings. The summed E-state index contributed by atoms with van der Waals surface area (Å²) in [5.74, 6) is 1.51. The van der Waals surface area contributed by atoms with E-state index in [4.69, 9.17) is 28.6 Å². The van der Waals surface area contributed by atoms with Crippen molar-refractivity contribution in [1.29, 1.82) is 0 Å². The highest BCUT2D eigenvalue weighted by Crippen LogP contribution is 2.31. The summed E-state index contributed by atoms with van der Waals surface area (Å²) < 4.78 is 5.51. The van der Waals surface area contributed by atoms with Crippen LogP contribution in [0, 0.1) is 12.8 Å². The van der Waals surface area contributed by atoms with E-state index in [-0.39, 0.29) is 0 Å². The van der Waals surface area contributed by atoms with Crippen molar-refractivity contribution in [1.82, 2.24) is 9.80 Å². The first-order chi connectivity index (χ1) is 14.5. The minimum absolute atomic E-state index is 0.689. The number of anilines is 1. The van der Waals surface area contributed by atoms with Gasteiger partial charge in [-0.25, -0.2) is 0 Å². The first-order valence-electron chi connectivity index (χ1n) is 10.6. The van der Waals surface area contributed by atoms with E-state index in [0.717, 1.165) is 48.3 Å². The van der Waals surface area contributed by atoms with E-state index >= 15 is 0 Å². The second-order valence-electron chi connectivity index (χ2n) is 8.13. The van der Waals surface area contributed by atoms with Crippen LogP contribution in [0.2, 0.25) is 5.02 Å². The minimum Gasteiger partial charge on any atom is -0.495 e. The fourth-order valence-electron chi connectivity index (χ4n) is 3.94.